The predicted octanol–water partition coefficient (Wildman–Crippen LogP) is 2.34. The molecule has 0 fully saturated rings. The van der Waals surface area contributed by atoms with Gasteiger partial charge >= 0.3 is 0 Å². The van der Waals surface area contributed by atoms with Crippen LogP contribution in [-0.4, -0.2) is 15.0 Å². The summed E-state index contributed by atoms with van der Waals surface area (Å²) in [4.78, 5) is 13.4. The minimum absolute atomic E-state index is 0.161. The Hall–Kier alpha value is -1.40. The summed E-state index contributed by atoms with van der Waals surface area (Å²) >= 11 is 7.45. The molecule has 3 N–H and O–H groups in total. The quantitative estimate of drug-likeness (QED) is 0.833. The number of nitrogen functional groups attached to an aromatic ring is 1. The average molecular weight is 270 g/mol. The van der Waals surface area contributed by atoms with Crippen molar-refractivity contribution in [3.05, 3.63) is 27.3 Å². The number of aryl methyl sites for hydroxylation is 1. The van der Waals surface area contributed by atoms with Crippen LogP contribution in [0.3, 0.4) is 0 Å². The molecule has 0 aliphatic heterocycles. The van der Waals surface area contributed by atoms with E-state index < -0.39 is 0 Å². The molecule has 2 heterocycles. The van der Waals surface area contributed by atoms with Crippen LogP contribution < -0.4 is 11.1 Å². The van der Waals surface area contributed by atoms with Crippen LogP contribution in [0.4, 0.5) is 11.8 Å². The molecule has 0 spiro atoms. The van der Waals surface area contributed by atoms with Gasteiger partial charge in [-0.05, 0) is 6.42 Å². The third-order valence-electron chi connectivity index (χ3n) is 2.08. The van der Waals surface area contributed by atoms with E-state index in [9.17, 15) is 0 Å². The number of hydrogen-bond acceptors (Lipinski definition) is 6. The van der Waals surface area contributed by atoms with Gasteiger partial charge in [-0.25, -0.2) is 9.97 Å². The number of halogens is 1. The zero-order valence-electron chi connectivity index (χ0n) is 9.27. The number of thiazole rings is 1. The highest BCUT2D eigenvalue weighted by molar-refractivity contribution is 7.11. The third-order valence-corrected chi connectivity index (χ3v) is 3.42. The highest BCUT2D eigenvalue weighted by atomic mass is 35.5. The number of anilines is 2. The van der Waals surface area contributed by atoms with Gasteiger partial charge in [0.1, 0.15) is 16.0 Å². The first kappa shape index (κ1) is 12.1. The van der Waals surface area contributed by atoms with Crippen molar-refractivity contribution in [2.24, 2.45) is 0 Å². The van der Waals surface area contributed by atoms with E-state index in [1.54, 1.807) is 17.4 Å². The first-order valence-electron chi connectivity index (χ1n) is 5.15. The SMILES string of the molecule is CCc1cnc(CNc2cc(Cl)nc(N)n2)s1. The Bertz CT molecular complexity index is 493. The molecule has 0 aromatic carbocycles. The second-order valence-electron chi connectivity index (χ2n) is 3.36. The maximum Gasteiger partial charge on any atom is 0.223 e. The van der Waals surface area contributed by atoms with Gasteiger partial charge in [0.2, 0.25) is 5.95 Å². The maximum atomic E-state index is 5.77. The summed E-state index contributed by atoms with van der Waals surface area (Å²) < 4.78 is 0. The van der Waals surface area contributed by atoms with E-state index in [1.807, 2.05) is 6.20 Å². The Morgan fingerprint density at radius 2 is 2.29 bits per heavy atom. The number of nitrogens with one attached hydrogen (secondary N) is 1. The zero-order valence-corrected chi connectivity index (χ0v) is 10.8. The lowest BCUT2D eigenvalue weighted by atomic mass is 10.4. The fourth-order valence-corrected chi connectivity index (χ4v) is 2.28. The highest BCUT2D eigenvalue weighted by Gasteiger charge is 2.03. The van der Waals surface area contributed by atoms with Crippen LogP contribution >= 0.6 is 22.9 Å². The van der Waals surface area contributed by atoms with Crippen molar-refractivity contribution in [2.45, 2.75) is 19.9 Å². The lowest BCUT2D eigenvalue weighted by Gasteiger charge is -2.03. The van der Waals surface area contributed by atoms with Gasteiger partial charge in [0.05, 0.1) is 6.54 Å². The van der Waals surface area contributed by atoms with E-state index in [0.717, 1.165) is 11.4 Å². The normalized spacial score (nSPS) is 10.5. The summed E-state index contributed by atoms with van der Waals surface area (Å²) in [7, 11) is 0. The van der Waals surface area contributed by atoms with Crippen LogP contribution in [-0.2, 0) is 13.0 Å². The van der Waals surface area contributed by atoms with Crippen molar-refractivity contribution in [1.82, 2.24) is 15.0 Å². The van der Waals surface area contributed by atoms with Gasteiger partial charge in [0.25, 0.3) is 0 Å². The number of aromatic nitrogens is 3. The van der Waals surface area contributed by atoms with Gasteiger partial charge in [-0.3, -0.25) is 0 Å². The van der Waals surface area contributed by atoms with Gasteiger partial charge in [0, 0.05) is 17.1 Å². The van der Waals surface area contributed by atoms with Crippen molar-refractivity contribution >= 4 is 34.7 Å². The molecule has 0 saturated heterocycles. The van der Waals surface area contributed by atoms with Crippen LogP contribution in [0, 0.1) is 0 Å². The lowest BCUT2D eigenvalue weighted by molar-refractivity contribution is 1.06. The van der Waals surface area contributed by atoms with Gasteiger partial charge < -0.3 is 11.1 Å². The van der Waals surface area contributed by atoms with E-state index in [4.69, 9.17) is 17.3 Å². The molecule has 0 aliphatic rings. The topological polar surface area (TPSA) is 76.7 Å². The molecule has 2 rings (SSSR count). The molecule has 0 aliphatic carbocycles. The Morgan fingerprint density at radius 3 is 2.94 bits per heavy atom. The number of nitrogens with zero attached hydrogens (tertiary/aromatic N) is 3. The molecule has 2 aromatic rings. The Balaban J connectivity index is 2.01. The monoisotopic (exact) mass is 269 g/mol. The Labute approximate surface area is 108 Å². The highest BCUT2D eigenvalue weighted by Crippen LogP contribution is 2.16. The molecule has 0 atom stereocenters. The molecule has 2 aromatic heterocycles. The molecule has 0 saturated carbocycles. The summed E-state index contributed by atoms with van der Waals surface area (Å²) in [5.41, 5.74) is 5.49. The van der Waals surface area contributed by atoms with E-state index in [2.05, 4.69) is 27.2 Å². The average Bonchev–Trinajstić information content (AvgIpc) is 2.73. The molecule has 0 unspecified atom stereocenters. The fourth-order valence-electron chi connectivity index (χ4n) is 1.29. The molecule has 5 nitrogen and oxygen atoms in total. The lowest BCUT2D eigenvalue weighted by Crippen LogP contribution is -2.04. The molecular formula is C10H12ClN5S. The summed E-state index contributed by atoms with van der Waals surface area (Å²) in [6.45, 7) is 2.72. The number of nitrogens with two attached hydrogens (primary N) is 1. The van der Waals surface area contributed by atoms with Crippen molar-refractivity contribution in [1.29, 1.82) is 0 Å². The Morgan fingerprint density at radius 1 is 1.47 bits per heavy atom. The van der Waals surface area contributed by atoms with Crippen LogP contribution in [0.5, 0.6) is 0 Å². The van der Waals surface area contributed by atoms with Crippen molar-refractivity contribution in [2.75, 3.05) is 11.1 Å². The molecule has 90 valence electrons. The summed E-state index contributed by atoms with van der Waals surface area (Å²) in [6, 6.07) is 1.63. The van der Waals surface area contributed by atoms with Gasteiger partial charge in [-0.15, -0.1) is 11.3 Å². The van der Waals surface area contributed by atoms with Crippen LogP contribution in [0.2, 0.25) is 5.15 Å². The van der Waals surface area contributed by atoms with E-state index >= 15 is 0 Å². The van der Waals surface area contributed by atoms with Crippen LogP contribution in [0.25, 0.3) is 0 Å². The Kier molecular flexibility index (Phi) is 3.75. The summed E-state index contributed by atoms with van der Waals surface area (Å²) in [5.74, 6) is 0.768. The summed E-state index contributed by atoms with van der Waals surface area (Å²) in [6.07, 6.45) is 2.90. The predicted molar refractivity (Wildman–Crippen MR) is 70.3 cm³/mol. The second kappa shape index (κ2) is 5.29. The van der Waals surface area contributed by atoms with E-state index in [0.29, 0.717) is 17.5 Å². The van der Waals surface area contributed by atoms with Crippen molar-refractivity contribution < 1.29 is 0 Å². The number of rotatable bonds is 4. The van der Waals surface area contributed by atoms with Gasteiger partial charge in [-0.1, -0.05) is 18.5 Å². The molecule has 0 amide bonds. The first-order valence-corrected chi connectivity index (χ1v) is 6.34. The smallest absolute Gasteiger partial charge is 0.223 e. The molecule has 0 bridgehead atoms. The van der Waals surface area contributed by atoms with Crippen LogP contribution in [0.1, 0.15) is 16.8 Å². The summed E-state index contributed by atoms with van der Waals surface area (Å²) in [5, 5.41) is 4.45. The zero-order chi connectivity index (χ0) is 12.3. The minimum atomic E-state index is 0.161. The van der Waals surface area contributed by atoms with E-state index in [-0.39, 0.29) is 5.95 Å². The molecule has 0 radical (unpaired) electrons. The fraction of sp³-hybridized carbons (Fsp3) is 0.300. The van der Waals surface area contributed by atoms with Gasteiger partial charge in [-0.2, -0.15) is 4.98 Å². The largest absolute Gasteiger partial charge is 0.368 e. The first-order chi connectivity index (χ1) is 8.17. The van der Waals surface area contributed by atoms with E-state index in [1.165, 1.54) is 4.88 Å². The standard InChI is InChI=1S/C10H12ClN5S/c1-2-6-4-14-9(17-6)5-13-8-3-7(11)15-10(12)16-8/h3-4H,2,5H2,1H3,(H3,12,13,15,16). The third kappa shape index (κ3) is 3.28. The van der Waals surface area contributed by atoms with Crippen molar-refractivity contribution in [3.63, 3.8) is 0 Å². The van der Waals surface area contributed by atoms with Crippen molar-refractivity contribution in [3.8, 4) is 0 Å². The molecule has 7 heteroatoms. The minimum Gasteiger partial charge on any atom is -0.368 e. The molecule has 17 heavy (non-hydrogen) atoms. The molecular weight excluding hydrogens is 258 g/mol. The van der Waals surface area contributed by atoms with Crippen LogP contribution in [0.15, 0.2) is 12.3 Å². The maximum absolute atomic E-state index is 5.77. The number of hydrogen-bond donors (Lipinski definition) is 2. The van der Waals surface area contributed by atoms with Gasteiger partial charge in [0.15, 0.2) is 0 Å². The second-order valence-corrected chi connectivity index (χ2v) is 4.95.